The summed E-state index contributed by atoms with van der Waals surface area (Å²) >= 11 is 0. The summed E-state index contributed by atoms with van der Waals surface area (Å²) in [6, 6.07) is 6.82. The number of carbonyl (C=O) groups is 2. The molecule has 0 aliphatic carbocycles. The van der Waals surface area contributed by atoms with Gasteiger partial charge in [-0.3, -0.25) is 4.98 Å². The Kier molecular flexibility index (Phi) is 3.99. The lowest BCUT2D eigenvalue weighted by atomic mass is 10.1. The topological polar surface area (TPSA) is 87.6 Å². The van der Waals surface area contributed by atoms with Crippen molar-refractivity contribution in [3.8, 4) is 11.6 Å². The first-order chi connectivity index (χ1) is 11.4. The van der Waals surface area contributed by atoms with E-state index in [1.807, 2.05) is 0 Å². The van der Waals surface area contributed by atoms with Gasteiger partial charge in [0.05, 0.1) is 6.20 Å². The van der Waals surface area contributed by atoms with Crippen molar-refractivity contribution >= 4 is 18.0 Å². The number of carbonyl (C=O) groups excluding carboxylic acids is 2. The first-order valence-electron chi connectivity index (χ1n) is 7.15. The Balaban J connectivity index is 1.84. The lowest BCUT2D eigenvalue weighted by Gasteiger charge is -2.29. The summed E-state index contributed by atoms with van der Waals surface area (Å²) < 4.78 is 15.7. The Morgan fingerprint density at radius 3 is 2.54 bits per heavy atom. The number of hydrogen-bond donors (Lipinski definition) is 0. The number of rotatable bonds is 3. The molecule has 1 saturated heterocycles. The summed E-state index contributed by atoms with van der Waals surface area (Å²) in [5.41, 5.74) is 0.408. The normalized spacial score (nSPS) is 16.2. The second kappa shape index (κ2) is 6.11. The first kappa shape index (κ1) is 15.7. The zero-order valence-electron chi connectivity index (χ0n) is 13.1. The van der Waals surface area contributed by atoms with Crippen LogP contribution >= 0.6 is 0 Å². The highest BCUT2D eigenvalue weighted by atomic mass is 16.7. The van der Waals surface area contributed by atoms with E-state index in [9.17, 15) is 9.59 Å². The van der Waals surface area contributed by atoms with Crippen LogP contribution < -0.4 is 4.74 Å². The fourth-order valence-corrected chi connectivity index (χ4v) is 2.07. The Morgan fingerprint density at radius 2 is 1.88 bits per heavy atom. The maximum atomic E-state index is 12.0. The minimum Gasteiger partial charge on any atom is -0.437 e. The van der Waals surface area contributed by atoms with E-state index in [4.69, 9.17) is 14.2 Å². The molecule has 1 aromatic heterocycles. The van der Waals surface area contributed by atoms with Gasteiger partial charge in [0.1, 0.15) is 11.3 Å². The van der Waals surface area contributed by atoms with E-state index < -0.39 is 17.7 Å². The highest BCUT2D eigenvalue weighted by Gasteiger charge is 2.38. The van der Waals surface area contributed by atoms with Crippen LogP contribution in [0.15, 0.2) is 48.4 Å². The van der Waals surface area contributed by atoms with Crippen molar-refractivity contribution < 1.29 is 23.8 Å². The Bertz CT molecular complexity index is 793. The summed E-state index contributed by atoms with van der Waals surface area (Å²) in [7, 11) is 0. The van der Waals surface area contributed by atoms with Gasteiger partial charge >= 0.3 is 11.9 Å². The summed E-state index contributed by atoms with van der Waals surface area (Å²) in [6.45, 7) is 2.99. The SMILES string of the molecule is CC1(C)OC(=O)C(=Cc2cccc(Oc3cnccn3)c2)C(=O)O1. The average molecular weight is 326 g/mol. The van der Waals surface area contributed by atoms with E-state index in [-0.39, 0.29) is 5.57 Å². The average Bonchev–Trinajstić information content (AvgIpc) is 2.51. The van der Waals surface area contributed by atoms with Gasteiger partial charge < -0.3 is 14.2 Å². The molecule has 2 heterocycles. The number of esters is 2. The number of nitrogens with zero attached hydrogens (tertiary/aromatic N) is 2. The number of benzene rings is 1. The predicted octanol–water partition coefficient (Wildman–Crippen LogP) is 2.49. The molecule has 0 amide bonds. The molecule has 1 fully saturated rings. The van der Waals surface area contributed by atoms with Crippen LogP contribution in [0.25, 0.3) is 6.08 Å². The highest BCUT2D eigenvalue weighted by molar-refractivity contribution is 6.18. The largest absolute Gasteiger partial charge is 0.437 e. The van der Waals surface area contributed by atoms with Gasteiger partial charge in [0.15, 0.2) is 0 Å². The van der Waals surface area contributed by atoms with Gasteiger partial charge in [0, 0.05) is 26.2 Å². The van der Waals surface area contributed by atoms with E-state index in [1.54, 1.807) is 24.3 Å². The van der Waals surface area contributed by atoms with Crippen LogP contribution in [0.2, 0.25) is 0 Å². The monoisotopic (exact) mass is 326 g/mol. The molecule has 7 heteroatoms. The van der Waals surface area contributed by atoms with Crippen molar-refractivity contribution in [3.63, 3.8) is 0 Å². The molecule has 1 aliphatic heterocycles. The third kappa shape index (κ3) is 3.57. The smallest absolute Gasteiger partial charge is 0.348 e. The van der Waals surface area contributed by atoms with Crippen molar-refractivity contribution in [1.82, 2.24) is 9.97 Å². The number of ether oxygens (including phenoxy) is 3. The number of aromatic nitrogens is 2. The second-order valence-corrected chi connectivity index (χ2v) is 5.46. The summed E-state index contributed by atoms with van der Waals surface area (Å²) in [4.78, 5) is 31.8. The van der Waals surface area contributed by atoms with Crippen LogP contribution in [0.3, 0.4) is 0 Å². The molecule has 0 unspecified atom stereocenters. The molecular weight excluding hydrogens is 312 g/mol. The van der Waals surface area contributed by atoms with Crippen molar-refractivity contribution in [2.45, 2.75) is 19.6 Å². The zero-order valence-corrected chi connectivity index (χ0v) is 13.1. The Hall–Kier alpha value is -3.22. The van der Waals surface area contributed by atoms with E-state index in [0.717, 1.165) is 0 Å². The Labute approximate surface area is 137 Å². The summed E-state index contributed by atoms with van der Waals surface area (Å²) in [5.74, 6) is -1.89. The zero-order chi connectivity index (χ0) is 17.2. The highest BCUT2D eigenvalue weighted by Crippen LogP contribution is 2.26. The minimum absolute atomic E-state index is 0.175. The number of cyclic esters (lactones) is 2. The molecule has 2 aromatic rings. The first-order valence-corrected chi connectivity index (χ1v) is 7.15. The van der Waals surface area contributed by atoms with Crippen molar-refractivity contribution in [3.05, 3.63) is 54.0 Å². The molecular formula is C17H14N2O5. The van der Waals surface area contributed by atoms with E-state index >= 15 is 0 Å². The lowest BCUT2D eigenvalue weighted by Crippen LogP contribution is -2.41. The molecule has 7 nitrogen and oxygen atoms in total. The van der Waals surface area contributed by atoms with Gasteiger partial charge in [0.25, 0.3) is 5.79 Å². The second-order valence-electron chi connectivity index (χ2n) is 5.46. The molecule has 0 saturated carbocycles. The molecule has 0 N–H and O–H groups in total. The van der Waals surface area contributed by atoms with E-state index in [2.05, 4.69) is 9.97 Å². The van der Waals surface area contributed by atoms with Gasteiger partial charge in [-0.25, -0.2) is 14.6 Å². The molecule has 24 heavy (non-hydrogen) atoms. The molecule has 1 aromatic carbocycles. The predicted molar refractivity (Wildman–Crippen MR) is 82.8 cm³/mol. The van der Waals surface area contributed by atoms with Crippen molar-refractivity contribution in [1.29, 1.82) is 0 Å². The van der Waals surface area contributed by atoms with Crippen LogP contribution in [0.4, 0.5) is 0 Å². The quantitative estimate of drug-likeness (QED) is 0.486. The maximum absolute atomic E-state index is 12.0. The fraction of sp³-hybridized carbons (Fsp3) is 0.176. The van der Waals surface area contributed by atoms with Gasteiger partial charge in [-0.15, -0.1) is 0 Å². The molecule has 122 valence electrons. The van der Waals surface area contributed by atoms with Crippen LogP contribution in [-0.4, -0.2) is 27.7 Å². The molecule has 0 atom stereocenters. The third-order valence-electron chi connectivity index (χ3n) is 3.05. The molecule has 3 rings (SSSR count). The van der Waals surface area contributed by atoms with Crippen LogP contribution in [0, 0.1) is 0 Å². The molecule has 0 spiro atoms. The van der Waals surface area contributed by atoms with Gasteiger partial charge in [-0.1, -0.05) is 12.1 Å². The van der Waals surface area contributed by atoms with Crippen LogP contribution in [0.5, 0.6) is 11.6 Å². The maximum Gasteiger partial charge on any atom is 0.348 e. The van der Waals surface area contributed by atoms with E-state index in [0.29, 0.717) is 17.2 Å². The molecule has 0 radical (unpaired) electrons. The lowest BCUT2D eigenvalue weighted by molar-refractivity contribution is -0.222. The number of hydrogen-bond acceptors (Lipinski definition) is 7. The van der Waals surface area contributed by atoms with Crippen LogP contribution in [-0.2, 0) is 19.1 Å². The van der Waals surface area contributed by atoms with E-state index in [1.165, 1.54) is 38.5 Å². The Morgan fingerprint density at radius 1 is 1.12 bits per heavy atom. The summed E-state index contributed by atoms with van der Waals surface area (Å²) in [6.07, 6.45) is 5.92. The summed E-state index contributed by atoms with van der Waals surface area (Å²) in [5, 5.41) is 0. The molecule has 0 bridgehead atoms. The van der Waals surface area contributed by atoms with Gasteiger partial charge in [-0.2, -0.15) is 0 Å². The van der Waals surface area contributed by atoms with Gasteiger partial charge in [0.2, 0.25) is 5.88 Å². The third-order valence-corrected chi connectivity index (χ3v) is 3.05. The fourth-order valence-electron chi connectivity index (χ4n) is 2.07. The standard InChI is InChI=1S/C17H14N2O5/c1-17(2)23-15(20)13(16(21)24-17)9-11-4-3-5-12(8-11)22-14-10-18-6-7-19-14/h3-10H,1-2H3. The minimum atomic E-state index is -1.26. The molecule has 1 aliphatic rings. The van der Waals surface area contributed by atoms with Gasteiger partial charge in [-0.05, 0) is 23.8 Å². The van der Waals surface area contributed by atoms with Crippen molar-refractivity contribution in [2.24, 2.45) is 0 Å². The van der Waals surface area contributed by atoms with Crippen molar-refractivity contribution in [2.75, 3.05) is 0 Å². The van der Waals surface area contributed by atoms with Crippen LogP contribution in [0.1, 0.15) is 19.4 Å².